The van der Waals surface area contributed by atoms with E-state index in [1.807, 2.05) is 32.0 Å². The van der Waals surface area contributed by atoms with Gasteiger partial charge in [0.25, 0.3) is 0 Å². The van der Waals surface area contributed by atoms with E-state index in [4.69, 9.17) is 18.9 Å². The third-order valence-electron chi connectivity index (χ3n) is 6.37. The second kappa shape index (κ2) is 13.3. The molecule has 38 heavy (non-hydrogen) atoms. The molecule has 1 aromatic heterocycles. The first-order valence-corrected chi connectivity index (χ1v) is 13.1. The monoisotopic (exact) mass is 524 g/mol. The Bertz CT molecular complexity index is 1290. The molecule has 2 heterocycles. The maximum atomic E-state index is 12.0. The maximum absolute atomic E-state index is 12.0. The minimum absolute atomic E-state index is 0.0491. The van der Waals surface area contributed by atoms with Crippen LogP contribution in [0, 0.1) is 5.92 Å². The van der Waals surface area contributed by atoms with Gasteiger partial charge in [-0.15, -0.1) is 0 Å². The number of hydrogen-bond donors (Lipinski definition) is 3. The van der Waals surface area contributed by atoms with Crippen molar-refractivity contribution in [2.75, 3.05) is 33.1 Å². The summed E-state index contributed by atoms with van der Waals surface area (Å²) in [6.45, 7) is 5.67. The predicted octanol–water partition coefficient (Wildman–Crippen LogP) is 3.60. The number of unbranched alkanes of at least 4 members (excludes halogenated alkanes) is 1. The SMILES string of the molecule is CC(C)C(=O)CCCCOc1ccc(OCC(O)CNCCc2ccc3c(c2)OCO3)c2ccc(=O)[nH]c12. The van der Waals surface area contributed by atoms with E-state index in [0.717, 1.165) is 36.3 Å². The molecule has 9 nitrogen and oxygen atoms in total. The van der Waals surface area contributed by atoms with E-state index in [2.05, 4.69) is 10.3 Å². The summed E-state index contributed by atoms with van der Waals surface area (Å²) in [7, 11) is 0. The minimum atomic E-state index is -0.714. The Hall–Kier alpha value is -3.56. The van der Waals surface area contributed by atoms with Gasteiger partial charge in [-0.3, -0.25) is 9.59 Å². The molecule has 0 fully saturated rings. The van der Waals surface area contributed by atoms with Gasteiger partial charge >= 0.3 is 0 Å². The van der Waals surface area contributed by atoms with Crippen molar-refractivity contribution in [3.8, 4) is 23.0 Å². The maximum Gasteiger partial charge on any atom is 0.248 e. The molecule has 2 aromatic carbocycles. The summed E-state index contributed by atoms with van der Waals surface area (Å²) in [5.41, 5.74) is 1.43. The van der Waals surface area contributed by atoms with Crippen molar-refractivity contribution in [2.24, 2.45) is 5.92 Å². The van der Waals surface area contributed by atoms with Crippen LogP contribution in [0.3, 0.4) is 0 Å². The molecule has 204 valence electrons. The van der Waals surface area contributed by atoms with Gasteiger partial charge in [-0.05, 0) is 61.7 Å². The van der Waals surface area contributed by atoms with E-state index < -0.39 is 6.10 Å². The molecular weight excluding hydrogens is 488 g/mol. The lowest BCUT2D eigenvalue weighted by Gasteiger charge is -2.16. The van der Waals surface area contributed by atoms with Crippen LogP contribution < -0.4 is 29.8 Å². The fraction of sp³-hybridized carbons (Fsp3) is 0.448. The van der Waals surface area contributed by atoms with E-state index in [1.54, 1.807) is 18.2 Å². The molecule has 0 saturated carbocycles. The zero-order chi connectivity index (χ0) is 26.9. The van der Waals surface area contributed by atoms with Crippen LogP contribution in [0.25, 0.3) is 10.9 Å². The third kappa shape index (κ3) is 7.49. The highest BCUT2D eigenvalue weighted by molar-refractivity contribution is 5.89. The van der Waals surface area contributed by atoms with E-state index in [9.17, 15) is 14.7 Å². The molecule has 0 bridgehead atoms. The molecule has 9 heteroatoms. The van der Waals surface area contributed by atoms with Gasteiger partial charge in [0, 0.05) is 30.3 Å². The molecule has 0 aliphatic carbocycles. The van der Waals surface area contributed by atoms with Crippen molar-refractivity contribution < 1.29 is 28.8 Å². The number of aromatic amines is 1. The number of carbonyl (C=O) groups excluding carboxylic acids is 1. The summed E-state index contributed by atoms with van der Waals surface area (Å²) in [6.07, 6.45) is 2.12. The predicted molar refractivity (Wildman–Crippen MR) is 144 cm³/mol. The van der Waals surface area contributed by atoms with Crippen LogP contribution in [0.15, 0.2) is 47.3 Å². The number of rotatable bonds is 15. The van der Waals surface area contributed by atoms with Crippen molar-refractivity contribution in [3.05, 3.63) is 58.4 Å². The second-order valence-electron chi connectivity index (χ2n) is 9.71. The first-order chi connectivity index (χ1) is 18.4. The Balaban J connectivity index is 1.24. The molecule has 0 amide bonds. The number of nitrogens with one attached hydrogen (secondary N) is 2. The van der Waals surface area contributed by atoms with Gasteiger partial charge in [-0.1, -0.05) is 19.9 Å². The smallest absolute Gasteiger partial charge is 0.248 e. The van der Waals surface area contributed by atoms with E-state index in [-0.39, 0.29) is 30.7 Å². The number of hydrogen-bond acceptors (Lipinski definition) is 8. The zero-order valence-corrected chi connectivity index (χ0v) is 22.0. The van der Waals surface area contributed by atoms with E-state index >= 15 is 0 Å². The van der Waals surface area contributed by atoms with Crippen molar-refractivity contribution in [1.29, 1.82) is 0 Å². The topological polar surface area (TPSA) is 119 Å². The summed E-state index contributed by atoms with van der Waals surface area (Å²) in [5.74, 6) is 2.92. The average molecular weight is 525 g/mol. The number of pyridine rings is 1. The van der Waals surface area contributed by atoms with Gasteiger partial charge in [-0.2, -0.15) is 0 Å². The quantitative estimate of drug-likeness (QED) is 0.258. The van der Waals surface area contributed by atoms with E-state index in [0.29, 0.717) is 48.5 Å². The Morgan fingerprint density at radius 1 is 1.05 bits per heavy atom. The van der Waals surface area contributed by atoms with Crippen molar-refractivity contribution >= 4 is 16.7 Å². The molecule has 0 saturated heterocycles. The van der Waals surface area contributed by atoms with Crippen LogP contribution in [0.5, 0.6) is 23.0 Å². The van der Waals surface area contributed by atoms with Crippen molar-refractivity contribution in [3.63, 3.8) is 0 Å². The van der Waals surface area contributed by atoms with Crippen molar-refractivity contribution in [2.45, 2.75) is 45.6 Å². The van der Waals surface area contributed by atoms with Crippen LogP contribution in [0.2, 0.25) is 0 Å². The number of H-pyrrole nitrogens is 1. The normalized spacial score (nSPS) is 13.2. The van der Waals surface area contributed by atoms with Crippen LogP contribution in [-0.2, 0) is 11.2 Å². The van der Waals surface area contributed by atoms with Gasteiger partial charge in [0.15, 0.2) is 11.5 Å². The van der Waals surface area contributed by atoms with Crippen LogP contribution >= 0.6 is 0 Å². The number of aliphatic hydroxyl groups excluding tert-OH is 1. The fourth-order valence-electron chi connectivity index (χ4n) is 4.16. The average Bonchev–Trinajstić information content (AvgIpc) is 3.38. The number of ether oxygens (including phenoxy) is 4. The molecular formula is C29H36N2O7. The van der Waals surface area contributed by atoms with Crippen LogP contribution in [0.4, 0.5) is 0 Å². The lowest BCUT2D eigenvalue weighted by Crippen LogP contribution is -2.32. The summed E-state index contributed by atoms with van der Waals surface area (Å²) < 4.78 is 22.6. The minimum Gasteiger partial charge on any atom is -0.491 e. The largest absolute Gasteiger partial charge is 0.491 e. The van der Waals surface area contributed by atoms with Crippen LogP contribution in [0.1, 0.15) is 38.7 Å². The highest BCUT2D eigenvalue weighted by Gasteiger charge is 2.14. The van der Waals surface area contributed by atoms with Crippen LogP contribution in [-0.4, -0.2) is 55.1 Å². The van der Waals surface area contributed by atoms with Crippen molar-refractivity contribution in [1.82, 2.24) is 10.3 Å². The highest BCUT2D eigenvalue weighted by Crippen LogP contribution is 2.33. The van der Waals surface area contributed by atoms with Gasteiger partial charge in [0.1, 0.15) is 30.0 Å². The molecule has 0 spiro atoms. The lowest BCUT2D eigenvalue weighted by molar-refractivity contribution is -0.122. The Morgan fingerprint density at radius 3 is 2.71 bits per heavy atom. The molecule has 3 N–H and O–H groups in total. The highest BCUT2D eigenvalue weighted by atomic mass is 16.7. The molecule has 1 atom stereocenters. The number of Topliss-reactive ketones (excluding diaryl/α,β-unsaturated/α-hetero) is 1. The molecule has 1 aliphatic rings. The van der Waals surface area contributed by atoms with Gasteiger partial charge in [-0.25, -0.2) is 0 Å². The first-order valence-electron chi connectivity index (χ1n) is 13.1. The Kier molecular flexibility index (Phi) is 9.62. The molecule has 3 aromatic rings. The number of ketones is 1. The summed E-state index contributed by atoms with van der Waals surface area (Å²) in [6, 6.07) is 12.5. The lowest BCUT2D eigenvalue weighted by atomic mass is 10.0. The third-order valence-corrected chi connectivity index (χ3v) is 6.37. The number of aromatic nitrogens is 1. The fourth-order valence-corrected chi connectivity index (χ4v) is 4.16. The first kappa shape index (κ1) is 27.5. The number of fused-ring (bicyclic) bond motifs is 2. The summed E-state index contributed by atoms with van der Waals surface area (Å²) in [4.78, 5) is 26.6. The van der Waals surface area contributed by atoms with Gasteiger partial charge < -0.3 is 34.4 Å². The second-order valence-corrected chi connectivity index (χ2v) is 9.71. The Labute approximate surface area is 222 Å². The summed E-state index contributed by atoms with van der Waals surface area (Å²) in [5, 5.41) is 14.4. The summed E-state index contributed by atoms with van der Waals surface area (Å²) >= 11 is 0. The number of aliphatic hydroxyl groups is 1. The van der Waals surface area contributed by atoms with Gasteiger partial charge in [0.05, 0.1) is 12.1 Å². The number of benzene rings is 2. The molecule has 1 aliphatic heterocycles. The Morgan fingerprint density at radius 2 is 1.87 bits per heavy atom. The standard InChI is InChI=1S/C29H36N2O7/c1-19(2)23(33)5-3-4-14-35-26-10-9-24(22-7-11-28(34)31-29(22)26)36-17-21(32)16-30-13-12-20-6-8-25-27(15-20)38-18-37-25/h6-11,15,19,21,30,32H,3-5,12-14,16-18H2,1-2H3,(H,31,34). The van der Waals surface area contributed by atoms with E-state index in [1.165, 1.54) is 6.07 Å². The number of carbonyl (C=O) groups is 1. The molecule has 1 unspecified atom stereocenters. The van der Waals surface area contributed by atoms with Gasteiger partial charge in [0.2, 0.25) is 12.4 Å². The molecule has 0 radical (unpaired) electrons. The zero-order valence-electron chi connectivity index (χ0n) is 22.0. The molecule has 4 rings (SSSR count).